The number of rotatable bonds is 4. The molecule has 0 aromatic heterocycles. The average molecular weight is 272 g/mol. The molecule has 4 nitrogen and oxygen atoms in total. The molecular formula is C10H10BrNO3. The Bertz CT molecular complexity index is 404. The van der Waals surface area contributed by atoms with Crippen molar-refractivity contribution in [1.82, 2.24) is 0 Å². The largest absolute Gasteiger partial charge is 0.294 e. The summed E-state index contributed by atoms with van der Waals surface area (Å²) in [5.41, 5.74) is 0.868. The van der Waals surface area contributed by atoms with Crippen LogP contribution in [-0.4, -0.2) is 16.0 Å². The molecule has 1 aromatic carbocycles. The van der Waals surface area contributed by atoms with Crippen molar-refractivity contribution in [3.8, 4) is 0 Å². The number of Topliss-reactive ketones (excluding diaryl/α,β-unsaturated/α-hetero) is 1. The summed E-state index contributed by atoms with van der Waals surface area (Å²) in [6.45, 7) is 1.60. The van der Waals surface area contributed by atoms with Gasteiger partial charge in [-0.05, 0) is 6.92 Å². The van der Waals surface area contributed by atoms with Crippen LogP contribution in [0.15, 0.2) is 18.2 Å². The molecule has 1 rings (SSSR count). The Balaban J connectivity index is 3.15. The molecule has 0 saturated carbocycles. The molecule has 1 aromatic rings. The monoisotopic (exact) mass is 271 g/mol. The lowest BCUT2D eigenvalue weighted by molar-refractivity contribution is -0.385. The Labute approximate surface area is 95.6 Å². The molecule has 80 valence electrons. The third-order valence-electron chi connectivity index (χ3n) is 2.12. The quantitative estimate of drug-likeness (QED) is 0.366. The number of alkyl halides is 1. The maximum Gasteiger partial charge on any atom is 0.273 e. The standard InChI is InChI=1S/C10H10BrNO3/c1-7-8(10(13)5-6-11)3-2-4-9(7)12(14)15/h2-4H,5-6H2,1H3. The van der Waals surface area contributed by atoms with Gasteiger partial charge in [0.15, 0.2) is 5.78 Å². The van der Waals surface area contributed by atoms with Crippen LogP contribution in [0.2, 0.25) is 0 Å². The predicted molar refractivity (Wildman–Crippen MR) is 60.6 cm³/mol. The number of carbonyl (C=O) groups excluding carboxylic acids is 1. The van der Waals surface area contributed by atoms with Gasteiger partial charge >= 0.3 is 0 Å². The predicted octanol–water partition coefficient (Wildman–Crippen LogP) is 2.87. The van der Waals surface area contributed by atoms with E-state index in [-0.39, 0.29) is 11.5 Å². The second kappa shape index (κ2) is 5.02. The van der Waals surface area contributed by atoms with Crippen molar-refractivity contribution in [2.24, 2.45) is 0 Å². The van der Waals surface area contributed by atoms with Gasteiger partial charge in [-0.3, -0.25) is 14.9 Å². The molecular weight excluding hydrogens is 262 g/mol. The maximum absolute atomic E-state index is 11.6. The van der Waals surface area contributed by atoms with E-state index >= 15 is 0 Å². The van der Waals surface area contributed by atoms with Crippen LogP contribution in [-0.2, 0) is 0 Å². The van der Waals surface area contributed by atoms with Crippen molar-refractivity contribution in [1.29, 1.82) is 0 Å². The first-order valence-electron chi connectivity index (χ1n) is 4.41. The SMILES string of the molecule is Cc1c(C(=O)CCBr)cccc1[N+](=O)[O-]. The second-order valence-corrected chi connectivity index (χ2v) is 3.86. The fourth-order valence-corrected chi connectivity index (χ4v) is 1.70. The minimum Gasteiger partial charge on any atom is -0.294 e. The molecule has 0 fully saturated rings. The number of hydrogen-bond donors (Lipinski definition) is 0. The Hall–Kier alpha value is -1.23. The van der Waals surface area contributed by atoms with Crippen molar-refractivity contribution in [3.63, 3.8) is 0 Å². The molecule has 0 spiro atoms. The van der Waals surface area contributed by atoms with E-state index in [1.165, 1.54) is 12.1 Å². The first-order valence-corrected chi connectivity index (χ1v) is 5.53. The van der Waals surface area contributed by atoms with Crippen LogP contribution in [0, 0.1) is 17.0 Å². The Morgan fingerprint density at radius 2 is 2.20 bits per heavy atom. The number of nitro benzene ring substituents is 1. The van der Waals surface area contributed by atoms with Gasteiger partial charge in [-0.1, -0.05) is 28.1 Å². The highest BCUT2D eigenvalue weighted by molar-refractivity contribution is 9.09. The number of halogens is 1. The summed E-state index contributed by atoms with van der Waals surface area (Å²) in [5.74, 6) is -0.0759. The van der Waals surface area contributed by atoms with E-state index in [0.29, 0.717) is 22.9 Å². The zero-order chi connectivity index (χ0) is 11.4. The van der Waals surface area contributed by atoms with Gasteiger partial charge in [0.05, 0.1) is 4.92 Å². The van der Waals surface area contributed by atoms with Gasteiger partial charge in [-0.2, -0.15) is 0 Å². The highest BCUT2D eigenvalue weighted by Gasteiger charge is 2.16. The van der Waals surface area contributed by atoms with Crippen molar-refractivity contribution < 1.29 is 9.72 Å². The smallest absolute Gasteiger partial charge is 0.273 e. The molecule has 0 saturated heterocycles. The lowest BCUT2D eigenvalue weighted by Gasteiger charge is -2.03. The summed E-state index contributed by atoms with van der Waals surface area (Å²) >= 11 is 3.16. The van der Waals surface area contributed by atoms with Crippen molar-refractivity contribution >= 4 is 27.4 Å². The van der Waals surface area contributed by atoms with Gasteiger partial charge in [-0.15, -0.1) is 0 Å². The number of hydrogen-bond acceptors (Lipinski definition) is 3. The summed E-state index contributed by atoms with van der Waals surface area (Å²) in [6, 6.07) is 4.56. The first-order chi connectivity index (χ1) is 7.07. The van der Waals surface area contributed by atoms with Crippen LogP contribution in [0.25, 0.3) is 0 Å². The Morgan fingerprint density at radius 3 is 2.73 bits per heavy atom. The highest BCUT2D eigenvalue weighted by Crippen LogP contribution is 2.22. The van der Waals surface area contributed by atoms with E-state index in [0.717, 1.165) is 0 Å². The molecule has 0 N–H and O–H groups in total. The fourth-order valence-electron chi connectivity index (χ4n) is 1.34. The topological polar surface area (TPSA) is 60.2 Å². The number of benzene rings is 1. The molecule has 0 amide bonds. The van der Waals surface area contributed by atoms with E-state index in [1.54, 1.807) is 13.0 Å². The molecule has 0 bridgehead atoms. The van der Waals surface area contributed by atoms with Gasteiger partial charge in [0.1, 0.15) is 0 Å². The van der Waals surface area contributed by atoms with Crippen LogP contribution < -0.4 is 0 Å². The molecule has 0 aliphatic rings. The number of nitro groups is 1. The van der Waals surface area contributed by atoms with E-state index in [1.807, 2.05) is 0 Å². The summed E-state index contributed by atoms with van der Waals surface area (Å²) in [5, 5.41) is 11.2. The Kier molecular flexibility index (Phi) is 3.96. The Morgan fingerprint density at radius 1 is 1.53 bits per heavy atom. The second-order valence-electron chi connectivity index (χ2n) is 3.07. The maximum atomic E-state index is 11.6. The first kappa shape index (κ1) is 11.8. The molecule has 0 atom stereocenters. The fraction of sp³-hybridized carbons (Fsp3) is 0.300. The van der Waals surface area contributed by atoms with Crippen molar-refractivity contribution in [2.45, 2.75) is 13.3 Å². The van der Waals surface area contributed by atoms with Gasteiger partial charge in [0.2, 0.25) is 0 Å². The van der Waals surface area contributed by atoms with E-state index in [2.05, 4.69) is 15.9 Å². The van der Waals surface area contributed by atoms with Crippen LogP contribution in [0.4, 0.5) is 5.69 Å². The highest BCUT2D eigenvalue weighted by atomic mass is 79.9. The number of carbonyl (C=O) groups is 1. The molecule has 0 aliphatic carbocycles. The number of ketones is 1. The van der Waals surface area contributed by atoms with E-state index < -0.39 is 4.92 Å². The minimum atomic E-state index is -0.472. The van der Waals surface area contributed by atoms with Crippen LogP contribution in [0.3, 0.4) is 0 Å². The molecule has 0 heterocycles. The molecule has 0 radical (unpaired) electrons. The van der Waals surface area contributed by atoms with E-state index in [4.69, 9.17) is 0 Å². The average Bonchev–Trinajstić information content (AvgIpc) is 2.17. The van der Waals surface area contributed by atoms with Gasteiger partial charge < -0.3 is 0 Å². The third-order valence-corrected chi connectivity index (χ3v) is 2.52. The molecule has 0 unspecified atom stereocenters. The summed E-state index contributed by atoms with van der Waals surface area (Å²) in [7, 11) is 0. The van der Waals surface area contributed by atoms with Gasteiger partial charge in [0.25, 0.3) is 5.69 Å². The minimum absolute atomic E-state index is 0.00424. The van der Waals surface area contributed by atoms with Crippen LogP contribution in [0.5, 0.6) is 0 Å². The van der Waals surface area contributed by atoms with Gasteiger partial charge in [-0.25, -0.2) is 0 Å². The zero-order valence-electron chi connectivity index (χ0n) is 8.20. The summed E-state index contributed by atoms with van der Waals surface area (Å²) in [4.78, 5) is 21.8. The lowest BCUT2D eigenvalue weighted by Crippen LogP contribution is -2.04. The van der Waals surface area contributed by atoms with Crippen LogP contribution >= 0.6 is 15.9 Å². The summed E-state index contributed by atoms with van der Waals surface area (Å²) in [6.07, 6.45) is 0.349. The van der Waals surface area contributed by atoms with Gasteiger partial charge in [0, 0.05) is 28.9 Å². The normalized spacial score (nSPS) is 10.0. The van der Waals surface area contributed by atoms with Crippen LogP contribution in [0.1, 0.15) is 22.3 Å². The lowest BCUT2D eigenvalue weighted by atomic mass is 10.0. The molecule has 5 heteroatoms. The third kappa shape index (κ3) is 2.62. The van der Waals surface area contributed by atoms with Crippen molar-refractivity contribution in [3.05, 3.63) is 39.4 Å². The zero-order valence-corrected chi connectivity index (χ0v) is 9.78. The molecule has 15 heavy (non-hydrogen) atoms. The summed E-state index contributed by atoms with van der Waals surface area (Å²) < 4.78 is 0. The van der Waals surface area contributed by atoms with E-state index in [9.17, 15) is 14.9 Å². The van der Waals surface area contributed by atoms with Crippen molar-refractivity contribution in [2.75, 3.05) is 5.33 Å². The molecule has 0 aliphatic heterocycles. The number of nitrogens with zero attached hydrogens (tertiary/aromatic N) is 1.